The molecule has 28 heavy (non-hydrogen) atoms. The third-order valence-corrected chi connectivity index (χ3v) is 5.46. The summed E-state index contributed by atoms with van der Waals surface area (Å²) in [5.41, 5.74) is 3.23. The highest BCUT2D eigenvalue weighted by Gasteiger charge is 2.30. The van der Waals surface area contributed by atoms with Crippen LogP contribution in [0.4, 0.5) is 0 Å². The van der Waals surface area contributed by atoms with Crippen molar-refractivity contribution >= 4 is 0 Å². The molecule has 1 aromatic heterocycles. The highest BCUT2D eigenvalue weighted by molar-refractivity contribution is 5.46. The molecule has 0 radical (unpaired) electrons. The number of phenolic OH excluding ortho intramolecular Hbond substituents is 1. The van der Waals surface area contributed by atoms with Gasteiger partial charge >= 0.3 is 0 Å². The van der Waals surface area contributed by atoms with E-state index in [0.717, 1.165) is 36.4 Å². The van der Waals surface area contributed by atoms with Gasteiger partial charge in [-0.15, -0.1) is 0 Å². The number of ether oxygens (including phenoxy) is 2. The van der Waals surface area contributed by atoms with Gasteiger partial charge in [-0.2, -0.15) is 0 Å². The number of fused-ring (bicyclic) bond motifs is 1. The van der Waals surface area contributed by atoms with Crippen molar-refractivity contribution in [3.8, 4) is 17.2 Å². The summed E-state index contributed by atoms with van der Waals surface area (Å²) in [5, 5.41) is 10.6. The van der Waals surface area contributed by atoms with Crippen molar-refractivity contribution in [2.24, 2.45) is 0 Å². The van der Waals surface area contributed by atoms with Crippen LogP contribution in [0.5, 0.6) is 17.2 Å². The molecule has 1 aliphatic heterocycles. The Labute approximate surface area is 165 Å². The fourth-order valence-corrected chi connectivity index (χ4v) is 4.14. The molecule has 0 saturated carbocycles. The van der Waals surface area contributed by atoms with Gasteiger partial charge in [0, 0.05) is 42.7 Å². The number of hydrogen-bond donors (Lipinski definition) is 1. The minimum Gasteiger partial charge on any atom is -0.504 e. The van der Waals surface area contributed by atoms with E-state index in [-0.39, 0.29) is 11.8 Å². The number of para-hydroxylation sites is 2. The van der Waals surface area contributed by atoms with E-state index in [2.05, 4.69) is 39.9 Å². The molecule has 0 spiro atoms. The average Bonchev–Trinajstić information content (AvgIpc) is 3.11. The Balaban J connectivity index is 1.78. The number of hydrogen-bond acceptors (Lipinski definition) is 4. The predicted octanol–water partition coefficient (Wildman–Crippen LogP) is 4.21. The lowest BCUT2D eigenvalue weighted by Gasteiger charge is -2.31. The number of aryl methyl sites for hydroxylation is 1. The molecule has 0 saturated heterocycles. The smallest absolute Gasteiger partial charge is 0.162 e. The van der Waals surface area contributed by atoms with Crippen molar-refractivity contribution in [1.82, 2.24) is 9.47 Å². The third-order valence-electron chi connectivity index (χ3n) is 5.46. The molecule has 0 fully saturated rings. The number of aromatic hydroxyl groups is 1. The molecule has 0 bridgehead atoms. The van der Waals surface area contributed by atoms with Crippen LogP contribution < -0.4 is 9.47 Å². The normalized spacial score (nSPS) is 17.0. The van der Waals surface area contributed by atoms with Crippen molar-refractivity contribution in [2.45, 2.75) is 25.6 Å². The van der Waals surface area contributed by atoms with Gasteiger partial charge in [-0.1, -0.05) is 30.3 Å². The van der Waals surface area contributed by atoms with Crippen molar-refractivity contribution in [1.29, 1.82) is 0 Å². The van der Waals surface area contributed by atoms with Gasteiger partial charge in [0.1, 0.15) is 5.75 Å². The average molecular weight is 378 g/mol. The van der Waals surface area contributed by atoms with Gasteiger partial charge in [0.05, 0.1) is 20.3 Å². The molecule has 5 nitrogen and oxygen atoms in total. The monoisotopic (exact) mass is 378 g/mol. The summed E-state index contributed by atoms with van der Waals surface area (Å²) < 4.78 is 13.3. The molecular weight excluding hydrogens is 352 g/mol. The largest absolute Gasteiger partial charge is 0.504 e. The van der Waals surface area contributed by atoms with Gasteiger partial charge in [-0.05, 0) is 30.7 Å². The molecule has 0 aliphatic carbocycles. The minimum absolute atomic E-state index is 0.0410. The van der Waals surface area contributed by atoms with Crippen LogP contribution >= 0.6 is 0 Å². The molecule has 3 aromatic rings. The minimum atomic E-state index is 0.0410. The quantitative estimate of drug-likeness (QED) is 0.723. The molecule has 5 heteroatoms. The second-order valence-corrected chi connectivity index (χ2v) is 7.06. The van der Waals surface area contributed by atoms with E-state index < -0.39 is 0 Å². The Bertz CT molecular complexity index is 951. The Hall–Kier alpha value is -2.92. The van der Waals surface area contributed by atoms with Crippen LogP contribution in [0.25, 0.3) is 0 Å². The fraction of sp³-hybridized carbons (Fsp3) is 0.304. The van der Waals surface area contributed by atoms with Gasteiger partial charge < -0.3 is 19.1 Å². The molecular formula is C23H26N2O3. The Kier molecular flexibility index (Phi) is 5.26. The lowest BCUT2D eigenvalue weighted by atomic mass is 9.99. The summed E-state index contributed by atoms with van der Waals surface area (Å²) in [6.45, 7) is 2.52. The first-order valence-corrected chi connectivity index (χ1v) is 9.59. The summed E-state index contributed by atoms with van der Waals surface area (Å²) in [6.07, 6.45) is 3.18. The summed E-state index contributed by atoms with van der Waals surface area (Å²) in [5.74, 6) is 1.59. The van der Waals surface area contributed by atoms with Crippen molar-refractivity contribution < 1.29 is 14.6 Å². The molecule has 1 aliphatic rings. The lowest BCUT2D eigenvalue weighted by Crippen LogP contribution is -2.29. The molecule has 0 amide bonds. The SMILES string of the molecule is COc1ccccc1C1c2cccn2CCCN1Cc1cccc(OC)c1O. The van der Waals surface area contributed by atoms with E-state index in [9.17, 15) is 5.11 Å². The van der Waals surface area contributed by atoms with Crippen LogP contribution in [0.2, 0.25) is 0 Å². The van der Waals surface area contributed by atoms with Crippen LogP contribution in [-0.2, 0) is 13.1 Å². The molecule has 1 unspecified atom stereocenters. The number of nitrogens with zero attached hydrogens (tertiary/aromatic N) is 2. The molecule has 1 atom stereocenters. The lowest BCUT2D eigenvalue weighted by molar-refractivity contribution is 0.213. The predicted molar refractivity (Wildman–Crippen MR) is 109 cm³/mol. The molecule has 2 aromatic carbocycles. The number of methoxy groups -OCH3 is 2. The third kappa shape index (κ3) is 3.34. The maximum Gasteiger partial charge on any atom is 0.162 e. The van der Waals surface area contributed by atoms with Crippen LogP contribution in [0.15, 0.2) is 60.8 Å². The van der Waals surface area contributed by atoms with Gasteiger partial charge in [0.15, 0.2) is 11.5 Å². The Morgan fingerprint density at radius 3 is 2.54 bits per heavy atom. The van der Waals surface area contributed by atoms with Gasteiger partial charge in [-0.3, -0.25) is 4.90 Å². The van der Waals surface area contributed by atoms with E-state index in [1.807, 2.05) is 24.3 Å². The fourth-order valence-electron chi connectivity index (χ4n) is 4.14. The summed E-state index contributed by atoms with van der Waals surface area (Å²) in [4.78, 5) is 2.41. The van der Waals surface area contributed by atoms with Crippen LogP contribution in [0.1, 0.15) is 29.3 Å². The Morgan fingerprint density at radius 1 is 0.929 bits per heavy atom. The highest BCUT2D eigenvalue weighted by atomic mass is 16.5. The van der Waals surface area contributed by atoms with Crippen LogP contribution in [0.3, 0.4) is 0 Å². The maximum atomic E-state index is 10.6. The second-order valence-electron chi connectivity index (χ2n) is 7.06. The first-order valence-electron chi connectivity index (χ1n) is 9.59. The number of phenols is 1. The maximum absolute atomic E-state index is 10.6. The van der Waals surface area contributed by atoms with Crippen molar-refractivity contribution in [3.05, 3.63) is 77.6 Å². The summed E-state index contributed by atoms with van der Waals surface area (Å²) >= 11 is 0. The molecule has 4 rings (SSSR count). The molecule has 2 heterocycles. The number of aromatic nitrogens is 1. The summed E-state index contributed by atoms with van der Waals surface area (Å²) in [6, 6.07) is 18.2. The molecule has 1 N–H and O–H groups in total. The first-order chi connectivity index (χ1) is 13.7. The van der Waals surface area contributed by atoms with Crippen LogP contribution in [0, 0.1) is 0 Å². The van der Waals surface area contributed by atoms with Crippen molar-refractivity contribution in [2.75, 3.05) is 20.8 Å². The topological polar surface area (TPSA) is 46.9 Å². The zero-order chi connectivity index (χ0) is 19.5. The van der Waals surface area contributed by atoms with Gasteiger partial charge in [0.2, 0.25) is 0 Å². The van der Waals surface area contributed by atoms with Gasteiger partial charge in [-0.25, -0.2) is 0 Å². The standard InChI is InChI=1S/C23H26N2O3/c1-27-20-11-4-3-9-18(20)22-19-10-6-13-24(19)14-7-15-25(22)16-17-8-5-12-21(28-2)23(17)26/h3-6,8-13,22,26H,7,14-16H2,1-2H3. The van der Waals surface area contributed by atoms with Crippen LogP contribution in [-0.4, -0.2) is 35.3 Å². The molecule has 146 valence electrons. The van der Waals surface area contributed by atoms with Gasteiger partial charge in [0.25, 0.3) is 0 Å². The summed E-state index contributed by atoms with van der Waals surface area (Å²) in [7, 11) is 3.29. The van der Waals surface area contributed by atoms with E-state index in [0.29, 0.717) is 12.3 Å². The number of benzene rings is 2. The second kappa shape index (κ2) is 7.98. The van der Waals surface area contributed by atoms with Crippen molar-refractivity contribution in [3.63, 3.8) is 0 Å². The highest BCUT2D eigenvalue weighted by Crippen LogP contribution is 2.39. The first kappa shape index (κ1) is 18.4. The zero-order valence-electron chi connectivity index (χ0n) is 16.3. The number of rotatable bonds is 5. The Morgan fingerprint density at radius 2 is 1.71 bits per heavy atom. The van der Waals surface area contributed by atoms with E-state index in [1.165, 1.54) is 5.69 Å². The van der Waals surface area contributed by atoms with E-state index in [4.69, 9.17) is 9.47 Å². The zero-order valence-corrected chi connectivity index (χ0v) is 16.3. The van der Waals surface area contributed by atoms with E-state index >= 15 is 0 Å². The van der Waals surface area contributed by atoms with E-state index in [1.54, 1.807) is 20.3 Å².